The third-order valence-electron chi connectivity index (χ3n) is 9.18. The summed E-state index contributed by atoms with van der Waals surface area (Å²) in [4.78, 5) is 18.3. The van der Waals surface area contributed by atoms with Crippen molar-refractivity contribution in [2.75, 3.05) is 44.3 Å². The largest absolute Gasteiger partial charge is 0.381 e. The number of carbonyl (C=O) groups excluding carboxylic acids is 1. The Morgan fingerprint density at radius 1 is 1.12 bits per heavy atom. The van der Waals surface area contributed by atoms with Gasteiger partial charge in [-0.25, -0.2) is 0 Å². The van der Waals surface area contributed by atoms with Crippen molar-refractivity contribution in [3.8, 4) is 0 Å². The van der Waals surface area contributed by atoms with Crippen LogP contribution in [0.4, 0.5) is 5.69 Å². The van der Waals surface area contributed by atoms with Crippen LogP contribution in [0.2, 0.25) is 0 Å². The van der Waals surface area contributed by atoms with Crippen LogP contribution < -0.4 is 10.2 Å². The lowest BCUT2D eigenvalue weighted by Gasteiger charge is -2.41. The minimum Gasteiger partial charge on any atom is -0.381 e. The number of likely N-dealkylation sites (tertiary alicyclic amines) is 1. The summed E-state index contributed by atoms with van der Waals surface area (Å²) < 4.78 is 5.91. The Kier molecular flexibility index (Phi) is 6.99. The molecule has 0 aliphatic carbocycles. The summed E-state index contributed by atoms with van der Waals surface area (Å²) in [5, 5.41) is 3.11. The van der Waals surface area contributed by atoms with E-state index in [0.717, 1.165) is 51.0 Å². The first kappa shape index (κ1) is 23.2. The molecule has 0 radical (unpaired) electrons. The van der Waals surface area contributed by atoms with Crippen molar-refractivity contribution in [1.82, 2.24) is 10.2 Å². The van der Waals surface area contributed by atoms with E-state index in [1.54, 1.807) is 0 Å². The molecule has 1 N–H and O–H groups in total. The van der Waals surface area contributed by atoms with Crippen LogP contribution in [0.5, 0.6) is 0 Å². The molecule has 0 saturated carbocycles. The fourth-order valence-corrected chi connectivity index (χ4v) is 7.31. The Hall–Kier alpha value is -1.59. The van der Waals surface area contributed by atoms with E-state index >= 15 is 0 Å². The van der Waals surface area contributed by atoms with Crippen molar-refractivity contribution in [2.24, 2.45) is 5.41 Å². The zero-order chi connectivity index (χ0) is 22.8. The van der Waals surface area contributed by atoms with Crippen LogP contribution in [0.1, 0.15) is 82.3 Å². The number of hydrogen-bond acceptors (Lipinski definition) is 4. The predicted octanol–water partition coefficient (Wildman–Crippen LogP) is 4.49. The van der Waals surface area contributed by atoms with Crippen molar-refractivity contribution in [3.63, 3.8) is 0 Å². The van der Waals surface area contributed by atoms with Gasteiger partial charge in [0.25, 0.3) is 0 Å². The summed E-state index contributed by atoms with van der Waals surface area (Å²) in [6.45, 7) is 10.4. The normalized spacial score (nSPS) is 31.5. The third-order valence-corrected chi connectivity index (χ3v) is 9.18. The number of benzene rings is 1. The molecular weight excluding hydrogens is 410 g/mol. The molecule has 4 fully saturated rings. The number of ether oxygens (including phenoxy) is 1. The molecule has 0 aromatic heterocycles. The quantitative estimate of drug-likeness (QED) is 0.689. The summed E-state index contributed by atoms with van der Waals surface area (Å²) in [7, 11) is 0. The van der Waals surface area contributed by atoms with E-state index in [-0.39, 0.29) is 17.2 Å². The number of aryl methyl sites for hydroxylation is 1. The van der Waals surface area contributed by atoms with Gasteiger partial charge in [-0.2, -0.15) is 0 Å². The molecule has 1 spiro atoms. The van der Waals surface area contributed by atoms with E-state index in [2.05, 4.69) is 47.2 Å². The number of nitrogens with one attached hydrogen (secondary N) is 1. The molecule has 33 heavy (non-hydrogen) atoms. The van der Waals surface area contributed by atoms with Gasteiger partial charge >= 0.3 is 0 Å². The van der Waals surface area contributed by atoms with E-state index in [0.29, 0.717) is 13.2 Å². The Morgan fingerprint density at radius 3 is 2.70 bits per heavy atom. The number of carbonyl (C=O) groups is 1. The number of piperidine rings is 1. The van der Waals surface area contributed by atoms with E-state index in [9.17, 15) is 4.79 Å². The van der Waals surface area contributed by atoms with Gasteiger partial charge in [-0.15, -0.1) is 0 Å². The smallest absolute Gasteiger partial charge is 0.227 e. The van der Waals surface area contributed by atoms with Crippen LogP contribution in [0.3, 0.4) is 0 Å². The van der Waals surface area contributed by atoms with E-state index < -0.39 is 0 Å². The fourth-order valence-electron chi connectivity index (χ4n) is 7.31. The molecule has 3 atom stereocenters. The van der Waals surface area contributed by atoms with Gasteiger partial charge in [0.1, 0.15) is 0 Å². The molecule has 3 unspecified atom stereocenters. The second-order valence-corrected chi connectivity index (χ2v) is 10.8. The summed E-state index contributed by atoms with van der Waals surface area (Å²) in [5.41, 5.74) is 3.83. The van der Waals surface area contributed by atoms with E-state index in [4.69, 9.17) is 4.74 Å². The molecule has 5 rings (SSSR count). The molecule has 1 amide bonds. The van der Waals surface area contributed by atoms with Gasteiger partial charge in [-0.1, -0.05) is 26.3 Å². The van der Waals surface area contributed by atoms with Crippen molar-refractivity contribution in [3.05, 3.63) is 29.3 Å². The van der Waals surface area contributed by atoms with Crippen molar-refractivity contribution in [2.45, 2.75) is 89.6 Å². The highest BCUT2D eigenvalue weighted by Crippen LogP contribution is 2.48. The number of hydrogen-bond donors (Lipinski definition) is 1. The van der Waals surface area contributed by atoms with Gasteiger partial charge in [0.05, 0.1) is 12.0 Å². The molecule has 4 saturated heterocycles. The first-order chi connectivity index (χ1) is 16.2. The lowest BCUT2D eigenvalue weighted by Crippen LogP contribution is -2.46. The van der Waals surface area contributed by atoms with Crippen LogP contribution >= 0.6 is 0 Å². The Morgan fingerprint density at radius 2 is 1.97 bits per heavy atom. The fraction of sp³-hybridized carbons (Fsp3) is 0.750. The third kappa shape index (κ3) is 4.32. The maximum atomic E-state index is 12.9. The second-order valence-electron chi connectivity index (χ2n) is 10.8. The highest BCUT2D eigenvalue weighted by Gasteiger charge is 2.51. The monoisotopic (exact) mass is 453 g/mol. The molecule has 4 heterocycles. The molecule has 1 aromatic rings. The molecule has 1 aromatic carbocycles. The molecule has 4 aliphatic heterocycles. The Balaban J connectivity index is 1.30. The molecule has 5 nitrogen and oxygen atoms in total. The number of anilines is 1. The van der Waals surface area contributed by atoms with Crippen molar-refractivity contribution in [1.29, 1.82) is 0 Å². The Labute approximate surface area is 200 Å². The van der Waals surface area contributed by atoms with Crippen LogP contribution in [-0.2, 0) is 16.0 Å². The second kappa shape index (κ2) is 9.95. The van der Waals surface area contributed by atoms with E-state index in [1.807, 2.05) is 0 Å². The molecule has 4 aliphatic rings. The summed E-state index contributed by atoms with van der Waals surface area (Å²) in [6.07, 6.45) is 10.8. The highest BCUT2D eigenvalue weighted by molar-refractivity contribution is 5.86. The number of amides is 1. The zero-order valence-corrected chi connectivity index (χ0v) is 20.8. The van der Waals surface area contributed by atoms with Crippen LogP contribution in [-0.4, -0.2) is 62.3 Å². The van der Waals surface area contributed by atoms with E-state index in [1.165, 1.54) is 61.9 Å². The van der Waals surface area contributed by atoms with Gasteiger partial charge in [0.15, 0.2) is 0 Å². The molecule has 5 heteroatoms. The molecule has 182 valence electrons. The number of nitrogens with zero attached hydrogens (tertiary/aromatic N) is 2. The maximum absolute atomic E-state index is 12.9. The van der Waals surface area contributed by atoms with Crippen molar-refractivity contribution >= 4 is 11.6 Å². The van der Waals surface area contributed by atoms with Gasteiger partial charge in [-0.3, -0.25) is 9.69 Å². The lowest BCUT2D eigenvalue weighted by atomic mass is 9.67. The van der Waals surface area contributed by atoms with Gasteiger partial charge in [0.2, 0.25) is 5.91 Å². The first-order valence-corrected chi connectivity index (χ1v) is 13.7. The van der Waals surface area contributed by atoms with Gasteiger partial charge in [-0.05, 0) is 81.2 Å². The van der Waals surface area contributed by atoms with Crippen molar-refractivity contribution < 1.29 is 9.53 Å². The zero-order valence-electron chi connectivity index (χ0n) is 20.8. The standard InChI is InChI=1S/C28H43N3O2/c1-3-6-22-7-5-15-31(22)23-10-16-30(17-11-23)24-8-9-25(21(4-2)19-24)26-20-33-18-13-28(26)12-14-29-27(28)32/h8-9,19,22-23,26H,3-7,10-18,20H2,1-2H3,(H,29,32). The average molecular weight is 454 g/mol. The highest BCUT2D eigenvalue weighted by atomic mass is 16.5. The summed E-state index contributed by atoms with van der Waals surface area (Å²) >= 11 is 0. The molecular formula is C28H43N3O2. The van der Waals surface area contributed by atoms with Crippen LogP contribution in [0.15, 0.2) is 18.2 Å². The molecule has 0 bridgehead atoms. The van der Waals surface area contributed by atoms with Gasteiger partial charge < -0.3 is 15.0 Å². The SMILES string of the molecule is CCCC1CCCN1C1CCN(c2ccc(C3COCCC34CCNC4=O)c(CC)c2)CC1. The van der Waals surface area contributed by atoms with Crippen LogP contribution in [0, 0.1) is 5.41 Å². The Bertz CT molecular complexity index is 834. The van der Waals surface area contributed by atoms with Crippen LogP contribution in [0.25, 0.3) is 0 Å². The predicted molar refractivity (Wildman–Crippen MR) is 134 cm³/mol. The minimum absolute atomic E-state index is 0.175. The summed E-state index contributed by atoms with van der Waals surface area (Å²) in [5.74, 6) is 0.418. The topological polar surface area (TPSA) is 44.8 Å². The number of rotatable bonds is 6. The summed E-state index contributed by atoms with van der Waals surface area (Å²) in [6, 6.07) is 8.66. The maximum Gasteiger partial charge on any atom is 0.227 e. The minimum atomic E-state index is -0.271. The average Bonchev–Trinajstić information content (AvgIpc) is 3.46. The first-order valence-electron chi connectivity index (χ1n) is 13.7. The van der Waals surface area contributed by atoms with Gasteiger partial charge in [0, 0.05) is 49.9 Å². The lowest BCUT2D eigenvalue weighted by molar-refractivity contribution is -0.134.